The smallest absolute Gasteiger partial charge is 0.109 e. The molecule has 124 valence electrons. The minimum atomic E-state index is 0. The molecule has 3 heterocycles. The number of halogens is 1. The van der Waals surface area contributed by atoms with Gasteiger partial charge < -0.3 is 15.5 Å². The number of nitrogens with one attached hydrogen (secondary N) is 1. The third kappa shape index (κ3) is 3.68. The Labute approximate surface area is 146 Å². The predicted molar refractivity (Wildman–Crippen MR) is 99.8 cm³/mol. The molecule has 6 heteroatoms. The van der Waals surface area contributed by atoms with E-state index in [0.717, 1.165) is 33.8 Å². The first-order chi connectivity index (χ1) is 10.6. The minimum Gasteiger partial charge on any atom is -0.469 e. The second-order valence-corrected chi connectivity index (χ2v) is 6.79. The number of aromatic nitrogens is 1. The normalized spacial score (nSPS) is 12.3. The number of aryl methyl sites for hydroxylation is 1. The Balaban J connectivity index is 0.00000192. The molecule has 0 radical (unpaired) electrons. The highest BCUT2D eigenvalue weighted by atomic mass is 35.5. The van der Waals surface area contributed by atoms with E-state index in [-0.39, 0.29) is 12.4 Å². The molecule has 0 saturated carbocycles. The van der Waals surface area contributed by atoms with Crippen LogP contribution in [0, 0.1) is 6.92 Å². The zero-order chi connectivity index (χ0) is 15.7. The number of rotatable bonds is 5. The molecule has 3 rings (SSSR count). The Bertz CT molecular complexity index is 783. The molecule has 3 aromatic heterocycles. The third-order valence-corrected chi connectivity index (χ3v) is 5.33. The van der Waals surface area contributed by atoms with E-state index in [1.165, 1.54) is 10.4 Å². The number of pyridine rings is 1. The van der Waals surface area contributed by atoms with Gasteiger partial charge >= 0.3 is 0 Å². The first-order valence-corrected chi connectivity index (χ1v) is 8.27. The van der Waals surface area contributed by atoms with Crippen molar-refractivity contribution < 1.29 is 4.42 Å². The number of hydrogen-bond acceptors (Lipinski definition) is 5. The van der Waals surface area contributed by atoms with Crippen LogP contribution in [0.25, 0.3) is 10.2 Å². The summed E-state index contributed by atoms with van der Waals surface area (Å²) in [5.74, 6) is 0.906. The summed E-state index contributed by atoms with van der Waals surface area (Å²) in [5, 5.41) is 3.28. The van der Waals surface area contributed by atoms with Crippen molar-refractivity contribution in [2.45, 2.75) is 32.7 Å². The summed E-state index contributed by atoms with van der Waals surface area (Å²) >= 11 is 1.76. The van der Waals surface area contributed by atoms with E-state index in [2.05, 4.69) is 19.2 Å². The average Bonchev–Trinajstić information content (AvgIpc) is 3.10. The molecule has 0 unspecified atom stereocenters. The van der Waals surface area contributed by atoms with Crippen molar-refractivity contribution in [3.8, 4) is 0 Å². The maximum absolute atomic E-state index is 6.26. The Morgan fingerprint density at radius 2 is 2.22 bits per heavy atom. The molecule has 3 aromatic rings. The molecule has 0 spiro atoms. The summed E-state index contributed by atoms with van der Waals surface area (Å²) in [6, 6.07) is 6.26. The lowest BCUT2D eigenvalue weighted by molar-refractivity contribution is 0.519. The number of nitrogens with two attached hydrogens (primary N) is 1. The van der Waals surface area contributed by atoms with Gasteiger partial charge in [-0.1, -0.05) is 0 Å². The lowest BCUT2D eigenvalue weighted by Gasteiger charge is -2.08. The number of furan rings is 1. The van der Waals surface area contributed by atoms with E-state index in [4.69, 9.17) is 15.1 Å². The number of anilines is 1. The summed E-state index contributed by atoms with van der Waals surface area (Å²) in [6.45, 7) is 4.32. The van der Waals surface area contributed by atoms with Crippen LogP contribution in [-0.2, 0) is 12.8 Å². The van der Waals surface area contributed by atoms with Crippen LogP contribution in [0.15, 0.2) is 28.9 Å². The number of nitrogen functional groups attached to an aromatic ring is 1. The van der Waals surface area contributed by atoms with Gasteiger partial charge in [0.2, 0.25) is 0 Å². The Kier molecular flexibility index (Phi) is 5.68. The van der Waals surface area contributed by atoms with Crippen LogP contribution in [0.5, 0.6) is 0 Å². The molecule has 0 aliphatic heterocycles. The fraction of sp³-hybridized carbons (Fsp3) is 0.353. The molecule has 0 saturated heterocycles. The highest BCUT2D eigenvalue weighted by Crippen LogP contribution is 2.35. The highest BCUT2D eigenvalue weighted by molar-refractivity contribution is 7.19. The second kappa shape index (κ2) is 7.34. The first-order valence-electron chi connectivity index (χ1n) is 7.45. The molecule has 0 bridgehead atoms. The lowest BCUT2D eigenvalue weighted by Crippen LogP contribution is -2.23. The monoisotopic (exact) mass is 351 g/mol. The van der Waals surface area contributed by atoms with Gasteiger partial charge in [-0.15, -0.1) is 23.7 Å². The molecule has 1 atom stereocenters. The number of fused-ring (bicyclic) bond motifs is 1. The van der Waals surface area contributed by atoms with Crippen LogP contribution in [0.4, 0.5) is 5.69 Å². The van der Waals surface area contributed by atoms with E-state index >= 15 is 0 Å². The van der Waals surface area contributed by atoms with Crippen molar-refractivity contribution in [1.29, 1.82) is 0 Å². The lowest BCUT2D eigenvalue weighted by atomic mass is 10.1. The summed E-state index contributed by atoms with van der Waals surface area (Å²) < 4.78 is 6.50. The van der Waals surface area contributed by atoms with Crippen molar-refractivity contribution in [3.05, 3.63) is 46.4 Å². The van der Waals surface area contributed by atoms with Crippen molar-refractivity contribution in [2.75, 3.05) is 12.8 Å². The van der Waals surface area contributed by atoms with Crippen molar-refractivity contribution in [2.24, 2.45) is 0 Å². The van der Waals surface area contributed by atoms with Crippen LogP contribution < -0.4 is 11.1 Å². The fourth-order valence-electron chi connectivity index (χ4n) is 2.56. The molecule has 3 N–H and O–H groups in total. The third-order valence-electron chi connectivity index (χ3n) is 3.97. The molecule has 0 fully saturated rings. The molecule has 0 aliphatic carbocycles. The maximum atomic E-state index is 6.26. The summed E-state index contributed by atoms with van der Waals surface area (Å²) in [5.41, 5.74) is 10.3. The van der Waals surface area contributed by atoms with Crippen molar-refractivity contribution in [3.63, 3.8) is 0 Å². The van der Waals surface area contributed by atoms with Crippen molar-refractivity contribution >= 4 is 39.6 Å². The first kappa shape index (κ1) is 17.8. The van der Waals surface area contributed by atoms with Gasteiger partial charge in [0.1, 0.15) is 5.76 Å². The molecule has 0 amide bonds. The van der Waals surface area contributed by atoms with E-state index in [0.29, 0.717) is 12.5 Å². The van der Waals surface area contributed by atoms with Crippen molar-refractivity contribution in [1.82, 2.24) is 10.3 Å². The molecular weight excluding hydrogens is 330 g/mol. The second-order valence-electron chi connectivity index (χ2n) is 5.68. The highest BCUT2D eigenvalue weighted by Gasteiger charge is 2.15. The van der Waals surface area contributed by atoms with Gasteiger partial charge in [0.25, 0.3) is 0 Å². The molecule has 0 aliphatic rings. The van der Waals surface area contributed by atoms with Gasteiger partial charge in [-0.05, 0) is 51.1 Å². The number of nitrogens with zero attached hydrogens (tertiary/aromatic N) is 1. The Hall–Kier alpha value is -1.56. The Morgan fingerprint density at radius 1 is 1.43 bits per heavy atom. The molecular formula is C17H22ClN3OS. The Morgan fingerprint density at radius 3 is 2.87 bits per heavy atom. The van der Waals surface area contributed by atoms with Gasteiger partial charge in [-0.25, -0.2) is 0 Å². The molecule has 23 heavy (non-hydrogen) atoms. The summed E-state index contributed by atoms with van der Waals surface area (Å²) in [6.07, 6.45) is 3.35. The van der Waals surface area contributed by atoms with Gasteiger partial charge in [0.05, 0.1) is 27.9 Å². The van der Waals surface area contributed by atoms with Gasteiger partial charge in [-0.2, -0.15) is 0 Å². The fourth-order valence-corrected chi connectivity index (χ4v) is 3.86. The quantitative estimate of drug-likeness (QED) is 0.730. The SMILES string of the molecule is CN[C@@H](C)Cc1sc2c(N)cc(Cc3ccco3)nc2c1C.Cl. The topological polar surface area (TPSA) is 64.1 Å². The number of hydrogen-bond donors (Lipinski definition) is 2. The molecule has 0 aromatic carbocycles. The van der Waals surface area contributed by atoms with Crippen LogP contribution in [0.2, 0.25) is 0 Å². The number of likely N-dealkylation sites (N-methyl/N-ethyl adjacent to an activating group) is 1. The van der Waals surface area contributed by atoms with E-state index in [9.17, 15) is 0 Å². The summed E-state index contributed by atoms with van der Waals surface area (Å²) in [4.78, 5) is 6.17. The zero-order valence-corrected chi connectivity index (χ0v) is 15.2. The maximum Gasteiger partial charge on any atom is 0.109 e. The minimum absolute atomic E-state index is 0. The van der Waals surface area contributed by atoms with Crippen LogP contribution in [0.1, 0.15) is 28.8 Å². The van der Waals surface area contributed by atoms with Crippen LogP contribution in [0.3, 0.4) is 0 Å². The van der Waals surface area contributed by atoms with E-state index in [1.807, 2.05) is 25.2 Å². The van der Waals surface area contributed by atoms with Gasteiger partial charge in [0, 0.05) is 17.3 Å². The standard InChI is InChI=1S/C17H21N3OS.ClH/c1-10(19-3)7-15-11(2)16-17(22-15)14(18)9-12(20-16)8-13-5-4-6-21-13;/h4-6,9-10,19H,7-8H2,1-3H3,(H2,18,20);1H/t10-;/m0./s1. The molecule has 4 nitrogen and oxygen atoms in total. The average molecular weight is 352 g/mol. The van der Waals surface area contributed by atoms with E-state index < -0.39 is 0 Å². The van der Waals surface area contributed by atoms with Gasteiger partial charge in [0.15, 0.2) is 0 Å². The number of thiophene rings is 1. The van der Waals surface area contributed by atoms with Crippen LogP contribution in [-0.4, -0.2) is 18.1 Å². The van der Waals surface area contributed by atoms with E-state index in [1.54, 1.807) is 17.6 Å². The zero-order valence-electron chi connectivity index (χ0n) is 13.6. The summed E-state index contributed by atoms with van der Waals surface area (Å²) in [7, 11) is 1.99. The van der Waals surface area contributed by atoms with Gasteiger partial charge in [-0.3, -0.25) is 4.98 Å². The largest absolute Gasteiger partial charge is 0.469 e. The predicted octanol–water partition coefficient (Wildman–Crippen LogP) is 3.94. The van der Waals surface area contributed by atoms with Crippen LogP contribution >= 0.6 is 23.7 Å².